The summed E-state index contributed by atoms with van der Waals surface area (Å²) in [6.07, 6.45) is 0.414. The molecule has 218 valence electrons. The predicted molar refractivity (Wildman–Crippen MR) is 133 cm³/mol. The highest BCUT2D eigenvalue weighted by atomic mass is 19.3. The molecule has 3 atom stereocenters. The number of amides is 2. The Kier molecular flexibility index (Phi) is 6.28. The van der Waals surface area contributed by atoms with Crippen LogP contribution >= 0.6 is 0 Å². The lowest BCUT2D eigenvalue weighted by molar-refractivity contribution is -0.134. The number of hydrogen-bond acceptors (Lipinski definition) is 8. The number of carbonyl (C=O) groups excluding carboxylic acids is 2. The first-order chi connectivity index (χ1) is 19.4. The van der Waals surface area contributed by atoms with Gasteiger partial charge in [0.1, 0.15) is 29.5 Å². The lowest BCUT2D eigenvalue weighted by Crippen LogP contribution is -2.55. The average molecular weight is 581 g/mol. The topological polar surface area (TPSA) is 131 Å². The van der Waals surface area contributed by atoms with Gasteiger partial charge >= 0.3 is 0 Å². The van der Waals surface area contributed by atoms with Crippen LogP contribution in [0, 0.1) is 5.92 Å². The molecule has 0 bridgehead atoms. The Morgan fingerprint density at radius 2 is 1.90 bits per heavy atom. The number of nitrogen functional groups attached to an aromatic ring is 1. The number of fused-ring (bicyclic) bond motifs is 1. The second kappa shape index (κ2) is 9.49. The Morgan fingerprint density at radius 3 is 2.56 bits per heavy atom. The van der Waals surface area contributed by atoms with Crippen molar-refractivity contribution in [3.63, 3.8) is 0 Å². The first-order valence-electron chi connectivity index (χ1n) is 12.7. The van der Waals surface area contributed by atoms with Gasteiger partial charge in [-0.15, -0.1) is 0 Å². The van der Waals surface area contributed by atoms with Crippen molar-refractivity contribution in [2.75, 3.05) is 39.0 Å². The Balaban J connectivity index is 1.26. The molecule has 2 saturated heterocycles. The van der Waals surface area contributed by atoms with Crippen molar-refractivity contribution >= 4 is 23.1 Å². The number of carbonyl (C=O) groups is 2. The maximum absolute atomic E-state index is 14.8. The molecular weight excluding hydrogens is 555 g/mol. The summed E-state index contributed by atoms with van der Waals surface area (Å²) in [4.78, 5) is 36.3. The highest BCUT2D eigenvalue weighted by Crippen LogP contribution is 2.49. The van der Waals surface area contributed by atoms with Gasteiger partial charge < -0.3 is 20.7 Å². The number of ether oxygens (including phenoxy) is 1. The summed E-state index contributed by atoms with van der Waals surface area (Å²) >= 11 is 0. The summed E-state index contributed by atoms with van der Waals surface area (Å²) in [5, 5.41) is 6.76. The maximum atomic E-state index is 14.8. The Bertz CT molecular complexity index is 1540. The lowest BCUT2D eigenvalue weighted by atomic mass is 10.1. The van der Waals surface area contributed by atoms with Gasteiger partial charge in [0.05, 0.1) is 38.5 Å². The molecule has 3 aromatic rings. The molecule has 11 nitrogen and oxygen atoms in total. The molecule has 2 amide bonds. The van der Waals surface area contributed by atoms with Crippen LogP contribution in [0.4, 0.5) is 27.8 Å². The first-order valence-corrected chi connectivity index (χ1v) is 12.7. The van der Waals surface area contributed by atoms with Gasteiger partial charge in [-0.2, -0.15) is 5.10 Å². The minimum Gasteiger partial charge on any atom is -0.480 e. The van der Waals surface area contributed by atoms with Crippen molar-refractivity contribution in [2.24, 2.45) is 5.92 Å². The van der Waals surface area contributed by atoms with Gasteiger partial charge in [-0.1, -0.05) is 0 Å². The Morgan fingerprint density at radius 1 is 1.17 bits per heavy atom. The number of pyridine rings is 1. The van der Waals surface area contributed by atoms with Crippen molar-refractivity contribution in [2.45, 2.75) is 37.0 Å². The quantitative estimate of drug-likeness (QED) is 0.405. The largest absolute Gasteiger partial charge is 0.480 e. The minimum atomic E-state index is -3.08. The molecule has 6 rings (SSSR count). The van der Waals surface area contributed by atoms with Crippen LogP contribution in [0.1, 0.15) is 22.3 Å². The zero-order valence-electron chi connectivity index (χ0n) is 21.7. The van der Waals surface area contributed by atoms with Crippen LogP contribution in [-0.2, 0) is 11.3 Å². The molecule has 0 aromatic carbocycles. The van der Waals surface area contributed by atoms with Gasteiger partial charge in [-0.3, -0.25) is 14.5 Å². The number of likely N-dealkylation sites (tertiary alicyclic amines) is 2. The summed E-state index contributed by atoms with van der Waals surface area (Å²) in [5.74, 6) is -8.82. The molecule has 0 radical (unpaired) electrons. The molecule has 1 aliphatic carbocycles. The van der Waals surface area contributed by atoms with Gasteiger partial charge in [0, 0.05) is 31.3 Å². The molecule has 3 fully saturated rings. The van der Waals surface area contributed by atoms with E-state index < -0.39 is 67.8 Å². The van der Waals surface area contributed by atoms with E-state index in [1.165, 1.54) is 30.2 Å². The standard InChI is InChI=1S/C25H25F5N8O3/c1-41-22-14(21(39)35-17-8-37(7-16(17)26)23(40)15-4-25(15,29)30)2-12(5-32-22)18-3-13(6-36-9-24(27,28)10-36)19-20(31)33-11-34-38(18)19/h2-3,5,11,15-17H,4,6-10H2,1H3,(H,35,39)(H2,31,33,34)/t15-,16-,17+/m0/s1. The molecular formula is C25H25F5N8O3. The number of nitrogens with two attached hydrogens (primary N) is 1. The van der Waals surface area contributed by atoms with Crippen LogP contribution in [0.5, 0.6) is 5.88 Å². The molecule has 3 N–H and O–H groups in total. The molecule has 41 heavy (non-hydrogen) atoms. The number of alkyl halides is 5. The number of hydrogen-bond donors (Lipinski definition) is 2. The second-order valence-corrected chi connectivity index (χ2v) is 10.6. The van der Waals surface area contributed by atoms with Crippen molar-refractivity contribution in [3.05, 3.63) is 35.8 Å². The molecule has 0 spiro atoms. The van der Waals surface area contributed by atoms with Crippen LogP contribution < -0.4 is 15.8 Å². The third-order valence-corrected chi connectivity index (χ3v) is 7.55. The van der Waals surface area contributed by atoms with E-state index in [1.54, 1.807) is 11.0 Å². The van der Waals surface area contributed by atoms with E-state index in [4.69, 9.17) is 10.5 Å². The molecule has 2 aliphatic heterocycles. The summed E-state index contributed by atoms with van der Waals surface area (Å²) in [6.45, 7) is -1.30. The van der Waals surface area contributed by atoms with Crippen molar-refractivity contribution in [1.82, 2.24) is 34.7 Å². The number of methoxy groups -OCH3 is 1. The zero-order chi connectivity index (χ0) is 29.3. The predicted octanol–water partition coefficient (Wildman–Crippen LogP) is 1.77. The third kappa shape index (κ3) is 4.89. The summed E-state index contributed by atoms with van der Waals surface area (Å²) < 4.78 is 75.0. The van der Waals surface area contributed by atoms with Crippen LogP contribution in [0.15, 0.2) is 24.7 Å². The van der Waals surface area contributed by atoms with E-state index >= 15 is 0 Å². The summed E-state index contributed by atoms with van der Waals surface area (Å²) in [6, 6.07) is 2.00. The van der Waals surface area contributed by atoms with Crippen LogP contribution in [-0.4, -0.2) is 98.5 Å². The fourth-order valence-corrected chi connectivity index (χ4v) is 5.38. The molecule has 5 heterocycles. The number of rotatable bonds is 7. The normalized spacial score (nSPS) is 24.7. The minimum absolute atomic E-state index is 0.0587. The molecule has 1 saturated carbocycles. The van der Waals surface area contributed by atoms with E-state index in [1.807, 2.05) is 0 Å². The molecule has 0 unspecified atom stereocenters. The first kappa shape index (κ1) is 27.1. The summed E-state index contributed by atoms with van der Waals surface area (Å²) in [7, 11) is 1.30. The molecule has 16 heteroatoms. The number of aromatic nitrogens is 4. The van der Waals surface area contributed by atoms with Crippen LogP contribution in [0.3, 0.4) is 0 Å². The van der Waals surface area contributed by atoms with Gasteiger partial charge in [-0.25, -0.2) is 36.4 Å². The van der Waals surface area contributed by atoms with Crippen molar-refractivity contribution < 1.29 is 36.3 Å². The van der Waals surface area contributed by atoms with E-state index in [0.29, 0.717) is 22.3 Å². The Hall–Kier alpha value is -4.08. The fraction of sp³-hybridized carbons (Fsp3) is 0.480. The van der Waals surface area contributed by atoms with Gasteiger partial charge in [0.25, 0.3) is 17.8 Å². The fourth-order valence-electron chi connectivity index (χ4n) is 5.38. The maximum Gasteiger partial charge on any atom is 0.272 e. The third-order valence-electron chi connectivity index (χ3n) is 7.55. The highest BCUT2D eigenvalue weighted by molar-refractivity contribution is 5.98. The monoisotopic (exact) mass is 580 g/mol. The van der Waals surface area contributed by atoms with Gasteiger partial charge in [-0.05, 0) is 17.7 Å². The van der Waals surface area contributed by atoms with E-state index in [-0.39, 0.29) is 30.4 Å². The van der Waals surface area contributed by atoms with Crippen LogP contribution in [0.25, 0.3) is 16.8 Å². The lowest BCUT2D eigenvalue weighted by Gasteiger charge is -2.38. The summed E-state index contributed by atoms with van der Waals surface area (Å²) in [5.41, 5.74) is 7.86. The van der Waals surface area contributed by atoms with Crippen molar-refractivity contribution in [1.29, 1.82) is 0 Å². The number of halogens is 5. The van der Waals surface area contributed by atoms with E-state index in [0.717, 1.165) is 4.90 Å². The number of nitrogens with zero attached hydrogens (tertiary/aromatic N) is 6. The number of nitrogens with one attached hydrogen (secondary N) is 1. The van der Waals surface area contributed by atoms with E-state index in [9.17, 15) is 31.5 Å². The average Bonchev–Trinajstić information content (AvgIpc) is 3.19. The van der Waals surface area contributed by atoms with Crippen LogP contribution in [0.2, 0.25) is 0 Å². The smallest absolute Gasteiger partial charge is 0.272 e. The molecule has 3 aromatic heterocycles. The highest BCUT2D eigenvalue weighted by Gasteiger charge is 2.63. The van der Waals surface area contributed by atoms with Crippen molar-refractivity contribution in [3.8, 4) is 17.1 Å². The zero-order valence-corrected chi connectivity index (χ0v) is 21.7. The number of anilines is 1. The second-order valence-electron chi connectivity index (χ2n) is 10.6. The molecule has 3 aliphatic rings. The Labute approximate surface area is 229 Å². The van der Waals surface area contributed by atoms with Gasteiger partial charge in [0.15, 0.2) is 5.82 Å². The van der Waals surface area contributed by atoms with E-state index in [2.05, 4.69) is 20.4 Å². The van der Waals surface area contributed by atoms with Gasteiger partial charge in [0.2, 0.25) is 11.8 Å². The SMILES string of the molecule is COc1ncc(-c2cc(CN3CC(F)(F)C3)c3c(N)ncnn23)cc1C(=O)N[C@@H]1CN(C(=O)[C@@H]2CC2(F)F)C[C@@H]1F.